The molecule has 0 fully saturated rings. The second-order valence-electron chi connectivity index (χ2n) is 13.7. The third-order valence-electron chi connectivity index (χ3n) is 8.39. The molecule has 57 heavy (non-hydrogen) atoms. The van der Waals surface area contributed by atoms with Gasteiger partial charge in [-0.25, -0.2) is 4.57 Å². The lowest BCUT2D eigenvalue weighted by molar-refractivity contribution is -0.161. The quantitative estimate of drug-likeness (QED) is 0.0234. The smallest absolute Gasteiger partial charge is 0.472 e. The largest absolute Gasteiger partial charge is 0.480 e. The summed E-state index contributed by atoms with van der Waals surface area (Å²) in [5, 5.41) is 8.88. The fraction of sp³-hybridized carbons (Fsp3) is 0.622. The van der Waals surface area contributed by atoms with E-state index in [-0.39, 0.29) is 12.8 Å². The molecule has 0 aromatic heterocycles. The van der Waals surface area contributed by atoms with E-state index in [1.165, 1.54) is 32.1 Å². The van der Waals surface area contributed by atoms with Gasteiger partial charge in [0.15, 0.2) is 6.10 Å². The summed E-state index contributed by atoms with van der Waals surface area (Å²) in [6.45, 7) is 2.57. The van der Waals surface area contributed by atoms with Crippen molar-refractivity contribution >= 4 is 25.7 Å². The number of nitrogens with two attached hydrogens (primary N) is 1. The highest BCUT2D eigenvalue weighted by molar-refractivity contribution is 7.47. The number of rotatable bonds is 38. The molecule has 0 aliphatic heterocycles. The first-order valence-electron chi connectivity index (χ1n) is 21.1. The maximum atomic E-state index is 12.6. The number of carbonyl (C=O) groups excluding carboxylic acids is 2. The molecular formula is C45H74NO10P. The number of carbonyl (C=O) groups is 3. The van der Waals surface area contributed by atoms with E-state index in [0.717, 1.165) is 77.0 Å². The van der Waals surface area contributed by atoms with E-state index in [9.17, 15) is 23.8 Å². The Morgan fingerprint density at radius 1 is 0.561 bits per heavy atom. The molecule has 0 saturated heterocycles. The van der Waals surface area contributed by atoms with Crippen LogP contribution in [0.5, 0.6) is 0 Å². The van der Waals surface area contributed by atoms with Crippen LogP contribution in [0.25, 0.3) is 0 Å². The molecule has 0 aromatic rings. The first-order chi connectivity index (χ1) is 27.6. The van der Waals surface area contributed by atoms with Crippen molar-refractivity contribution < 1.29 is 47.5 Å². The molecule has 0 amide bonds. The average Bonchev–Trinajstić information content (AvgIpc) is 3.19. The van der Waals surface area contributed by atoms with Crippen molar-refractivity contribution in [3.05, 3.63) is 85.1 Å². The van der Waals surface area contributed by atoms with Gasteiger partial charge in [-0.05, 0) is 77.0 Å². The molecule has 0 spiro atoms. The number of unbranched alkanes of at least 4 members (excludes halogenated alkanes) is 10. The van der Waals surface area contributed by atoms with Crippen molar-refractivity contribution in [3.63, 3.8) is 0 Å². The lowest BCUT2D eigenvalue weighted by atomic mass is 10.1. The molecule has 0 bridgehead atoms. The zero-order valence-electron chi connectivity index (χ0n) is 34.9. The number of allylic oxidation sites excluding steroid dienone is 14. The van der Waals surface area contributed by atoms with Gasteiger partial charge in [0, 0.05) is 12.8 Å². The first-order valence-corrected chi connectivity index (χ1v) is 22.6. The first kappa shape index (κ1) is 53.7. The predicted molar refractivity (Wildman–Crippen MR) is 230 cm³/mol. The van der Waals surface area contributed by atoms with Crippen LogP contribution in [0.2, 0.25) is 0 Å². The van der Waals surface area contributed by atoms with Crippen LogP contribution in [0.3, 0.4) is 0 Å². The Balaban J connectivity index is 4.53. The van der Waals surface area contributed by atoms with Gasteiger partial charge in [0.2, 0.25) is 0 Å². The molecular weight excluding hydrogens is 745 g/mol. The summed E-state index contributed by atoms with van der Waals surface area (Å²) in [6, 6.07) is -1.54. The Kier molecular flexibility index (Phi) is 37.2. The van der Waals surface area contributed by atoms with E-state index in [0.29, 0.717) is 12.8 Å². The predicted octanol–water partition coefficient (Wildman–Crippen LogP) is 11.1. The van der Waals surface area contributed by atoms with Crippen LogP contribution in [0, 0.1) is 0 Å². The van der Waals surface area contributed by atoms with Crippen molar-refractivity contribution in [2.24, 2.45) is 5.73 Å². The number of hydrogen-bond acceptors (Lipinski definition) is 9. The number of esters is 2. The van der Waals surface area contributed by atoms with Gasteiger partial charge in [0.25, 0.3) is 0 Å². The van der Waals surface area contributed by atoms with E-state index in [2.05, 4.69) is 91.3 Å². The zero-order valence-corrected chi connectivity index (χ0v) is 35.8. The summed E-state index contributed by atoms with van der Waals surface area (Å²) < 4.78 is 32.6. The molecule has 0 aliphatic rings. The van der Waals surface area contributed by atoms with Crippen LogP contribution in [0.15, 0.2) is 85.1 Å². The van der Waals surface area contributed by atoms with Crippen LogP contribution in [-0.4, -0.2) is 59.9 Å². The Morgan fingerprint density at radius 2 is 1.02 bits per heavy atom. The number of ether oxygens (including phenoxy) is 2. The minimum absolute atomic E-state index is 0.0905. The van der Waals surface area contributed by atoms with Gasteiger partial charge >= 0.3 is 25.7 Å². The number of phosphoric acid groups is 1. The molecule has 12 heteroatoms. The Bertz CT molecular complexity index is 1290. The van der Waals surface area contributed by atoms with E-state index < -0.39 is 57.7 Å². The number of hydrogen-bond donors (Lipinski definition) is 3. The van der Waals surface area contributed by atoms with Crippen molar-refractivity contribution in [3.8, 4) is 0 Å². The van der Waals surface area contributed by atoms with E-state index in [1.807, 2.05) is 12.2 Å². The van der Waals surface area contributed by atoms with Crippen molar-refractivity contribution in [1.82, 2.24) is 0 Å². The minimum Gasteiger partial charge on any atom is -0.480 e. The van der Waals surface area contributed by atoms with Gasteiger partial charge in [-0.1, -0.05) is 144 Å². The molecule has 4 N–H and O–H groups in total. The topological polar surface area (TPSA) is 172 Å². The standard InChI is InChI=1S/C45H74NO10P/c1-3-5-7-9-11-13-15-17-19-20-21-22-23-25-26-28-30-32-34-36-43(47)53-38-41(39-54-57(51,52)55-40-42(46)45(49)50)56-44(48)37-35-33-31-29-27-24-18-16-14-12-10-8-6-4-2/h5,7,11,13,16-19,21-22,25-26,30,32,41-42H,3-4,6,8-10,12,14-15,20,23-24,27-29,31,33-40,46H2,1-2H3,(H,49,50)(H,51,52)/b7-5+,13-11+,18-16+,19-17+,22-21+,26-25+,32-30+/t41-,42+/m0/s1. The van der Waals surface area contributed by atoms with Crippen LogP contribution >= 0.6 is 7.82 Å². The van der Waals surface area contributed by atoms with Crippen LogP contribution < -0.4 is 5.73 Å². The Hall–Kier alpha value is -3.34. The van der Waals surface area contributed by atoms with Crippen LogP contribution in [-0.2, 0) is 37.5 Å². The number of carboxylic acids is 1. The molecule has 0 aliphatic carbocycles. The van der Waals surface area contributed by atoms with Gasteiger partial charge in [0.05, 0.1) is 13.2 Å². The van der Waals surface area contributed by atoms with Crippen molar-refractivity contribution in [2.45, 2.75) is 161 Å². The maximum Gasteiger partial charge on any atom is 0.472 e. The minimum atomic E-state index is -4.74. The molecule has 0 saturated carbocycles. The maximum absolute atomic E-state index is 12.6. The van der Waals surface area contributed by atoms with Gasteiger partial charge in [-0.2, -0.15) is 0 Å². The third kappa shape index (κ3) is 39.3. The van der Waals surface area contributed by atoms with Crippen LogP contribution in [0.4, 0.5) is 0 Å². The molecule has 0 radical (unpaired) electrons. The number of aliphatic carboxylic acids is 1. The molecule has 11 nitrogen and oxygen atoms in total. The Morgan fingerprint density at radius 3 is 1.54 bits per heavy atom. The lowest BCUT2D eigenvalue weighted by Crippen LogP contribution is -2.34. The second kappa shape index (κ2) is 39.5. The van der Waals surface area contributed by atoms with Crippen molar-refractivity contribution in [1.29, 1.82) is 0 Å². The van der Waals surface area contributed by atoms with E-state index in [4.69, 9.17) is 24.8 Å². The van der Waals surface area contributed by atoms with E-state index in [1.54, 1.807) is 0 Å². The summed E-state index contributed by atoms with van der Waals surface area (Å²) in [5.41, 5.74) is 5.32. The molecule has 0 aromatic carbocycles. The SMILES string of the molecule is CC/C=C/C/C=C/C/C=C/C/C=C/C/C=C/C/C=C/CCC(=O)OC[C@@H](COP(=O)(O)OC[C@@H](N)C(=O)O)OC(=O)CCCCCCC/C=C/CCCCCCC. The number of phosphoric ester groups is 1. The van der Waals surface area contributed by atoms with Crippen LogP contribution in [0.1, 0.15) is 149 Å². The highest BCUT2D eigenvalue weighted by Crippen LogP contribution is 2.43. The lowest BCUT2D eigenvalue weighted by Gasteiger charge is -2.20. The van der Waals surface area contributed by atoms with Gasteiger partial charge in [-0.3, -0.25) is 23.4 Å². The summed E-state index contributed by atoms with van der Waals surface area (Å²) in [6.07, 6.45) is 48.1. The molecule has 324 valence electrons. The molecule has 1 unspecified atom stereocenters. The second-order valence-corrected chi connectivity index (χ2v) is 15.2. The van der Waals surface area contributed by atoms with Crippen molar-refractivity contribution in [2.75, 3.05) is 19.8 Å². The fourth-order valence-electron chi connectivity index (χ4n) is 5.08. The molecule has 0 rings (SSSR count). The summed E-state index contributed by atoms with van der Waals surface area (Å²) in [7, 11) is -4.74. The highest BCUT2D eigenvalue weighted by Gasteiger charge is 2.28. The summed E-state index contributed by atoms with van der Waals surface area (Å²) in [5.74, 6) is -2.51. The van der Waals surface area contributed by atoms with E-state index >= 15 is 0 Å². The molecule has 3 atom stereocenters. The normalized spacial score (nSPS) is 14.6. The van der Waals surface area contributed by atoms with Gasteiger partial charge in [0.1, 0.15) is 12.6 Å². The highest BCUT2D eigenvalue weighted by atomic mass is 31.2. The van der Waals surface area contributed by atoms with Gasteiger partial charge < -0.3 is 25.2 Å². The number of carboxylic acid groups (broad SMARTS) is 1. The summed E-state index contributed by atoms with van der Waals surface area (Å²) in [4.78, 5) is 45.9. The fourth-order valence-corrected chi connectivity index (χ4v) is 5.86. The third-order valence-corrected chi connectivity index (χ3v) is 9.34. The molecule has 0 heterocycles. The zero-order chi connectivity index (χ0) is 42.1. The average molecular weight is 820 g/mol. The summed E-state index contributed by atoms with van der Waals surface area (Å²) >= 11 is 0. The van der Waals surface area contributed by atoms with Gasteiger partial charge in [-0.15, -0.1) is 0 Å². The Labute approximate surface area is 343 Å². The monoisotopic (exact) mass is 820 g/mol.